The summed E-state index contributed by atoms with van der Waals surface area (Å²) in [6.07, 6.45) is -12.1. The number of nitrogens with one attached hydrogen (secondary N) is 6. The highest BCUT2D eigenvalue weighted by Crippen LogP contribution is 2.44. The molecule has 4 rings (SSSR count). The van der Waals surface area contributed by atoms with Crippen LogP contribution >= 0.6 is 0 Å². The molecule has 0 spiro atoms. The monoisotopic (exact) mass is 1030 g/mol. The second-order valence-electron chi connectivity index (χ2n) is 19.1. The van der Waals surface area contributed by atoms with E-state index in [-0.39, 0.29) is 62.7 Å². The van der Waals surface area contributed by atoms with Crippen molar-refractivity contribution in [2.75, 3.05) is 40.8 Å². The number of hydrogen-bond donors (Lipinski definition) is 7. The van der Waals surface area contributed by atoms with E-state index in [0.29, 0.717) is 24.3 Å². The number of nitrogens with zero attached hydrogens (tertiary/aromatic N) is 2. The molecule has 0 aromatic heterocycles. The van der Waals surface area contributed by atoms with E-state index in [2.05, 4.69) is 36.9 Å². The van der Waals surface area contributed by atoms with Gasteiger partial charge in [0.15, 0.2) is 5.75 Å². The Labute approximate surface area is 410 Å². The number of rotatable bonds is 14. The highest BCUT2D eigenvalue weighted by atomic mass is 19.4. The molecule has 5 amide bonds. The largest absolute Gasteiger partial charge is 0.733 e. The van der Waals surface area contributed by atoms with Crippen LogP contribution in [0.4, 0.5) is 63.5 Å². The SMILES string of the molecule is CC(C)(C)OC(=O)NC(=NCCCCC(=O)Nc1cc(C(F)(F)F)cc(NC(=O)Nc2ccc(Oc3cc(N([O-])O)cc(C(F)(F)F)c3)cc2)c1O[C@]1(C(=O)OC(C)(C)C)CCNC1)NC(=O)OC(C)(C)C. The van der Waals surface area contributed by atoms with E-state index < -0.39 is 110 Å². The van der Waals surface area contributed by atoms with Crippen molar-refractivity contribution >= 4 is 58.8 Å². The molecule has 20 nitrogen and oxygen atoms in total. The summed E-state index contributed by atoms with van der Waals surface area (Å²) in [5, 5.41) is 34.5. The maximum atomic E-state index is 14.6. The van der Waals surface area contributed by atoms with Crippen LogP contribution in [0.3, 0.4) is 0 Å². The zero-order valence-electron chi connectivity index (χ0n) is 40.7. The van der Waals surface area contributed by atoms with Gasteiger partial charge in [0.25, 0.3) is 0 Å². The molecule has 0 bridgehead atoms. The maximum Gasteiger partial charge on any atom is 0.416 e. The van der Waals surface area contributed by atoms with Gasteiger partial charge in [-0.2, -0.15) is 26.3 Å². The Morgan fingerprint density at radius 1 is 0.722 bits per heavy atom. The smallest absolute Gasteiger partial charge is 0.416 e. The number of unbranched alkanes of at least 4 members (excludes halogenated alkanes) is 1. The molecule has 26 heteroatoms. The Balaban J connectivity index is 1.61. The number of benzene rings is 3. The molecular formula is C46H57F6N8O12-. The van der Waals surface area contributed by atoms with Crippen molar-refractivity contribution in [2.24, 2.45) is 4.99 Å². The molecular weight excluding hydrogens is 971 g/mol. The molecule has 1 saturated heterocycles. The number of ether oxygens (including phenoxy) is 5. The summed E-state index contributed by atoms with van der Waals surface area (Å²) in [5.41, 5.74) is -9.44. The second-order valence-corrected chi connectivity index (χ2v) is 19.1. The molecule has 0 saturated carbocycles. The van der Waals surface area contributed by atoms with Gasteiger partial charge in [-0.3, -0.25) is 25.6 Å². The van der Waals surface area contributed by atoms with Crippen LogP contribution in [-0.4, -0.2) is 83.3 Å². The average molecular weight is 1030 g/mol. The molecule has 396 valence electrons. The van der Waals surface area contributed by atoms with E-state index in [1.54, 1.807) is 62.3 Å². The third-order valence-corrected chi connectivity index (χ3v) is 9.23. The minimum atomic E-state index is -5.07. The summed E-state index contributed by atoms with van der Waals surface area (Å²) in [6, 6.07) is 6.54. The van der Waals surface area contributed by atoms with E-state index in [4.69, 9.17) is 23.7 Å². The predicted molar refractivity (Wildman–Crippen MR) is 250 cm³/mol. The lowest BCUT2D eigenvalue weighted by atomic mass is 10.0. The summed E-state index contributed by atoms with van der Waals surface area (Å²) in [5.74, 6) is -3.21. The summed E-state index contributed by atoms with van der Waals surface area (Å²) in [4.78, 5) is 69.9. The Morgan fingerprint density at radius 2 is 1.26 bits per heavy atom. The van der Waals surface area contributed by atoms with Crippen LogP contribution in [0.25, 0.3) is 0 Å². The summed E-state index contributed by atoms with van der Waals surface area (Å²) >= 11 is 0. The van der Waals surface area contributed by atoms with Gasteiger partial charge in [-0.05, 0) is 130 Å². The standard InChI is InChI=1S/C46H57F6N8O12/c1-41(2,3)70-36(62)44(17-19-53-25-44)69-35-32(56-34(61)12-10-11-18-54-37(58-39(64)71-42(4,5)6)59-40(65)72-43(7,8)9)22-27(46(50,51)52)23-33(35)57-38(63)55-28-13-15-30(16-14-28)68-31-21-26(45(47,48)49)20-29(24-31)60(66)67/h13-16,20-24,53,66H,10-12,17-19,25H2,1-9H3,(H,56,61)(H2,55,57,63)(H2,54,58,59,64,65)/q-1/t44-/m1/s1. The molecule has 3 aromatic rings. The van der Waals surface area contributed by atoms with Crippen molar-refractivity contribution in [3.63, 3.8) is 0 Å². The molecule has 0 aliphatic carbocycles. The maximum absolute atomic E-state index is 14.6. The normalized spacial score (nSPS) is 15.1. The lowest BCUT2D eigenvalue weighted by Gasteiger charge is -2.33. The first-order chi connectivity index (χ1) is 33.1. The van der Waals surface area contributed by atoms with Gasteiger partial charge in [-0.25, -0.2) is 19.2 Å². The van der Waals surface area contributed by atoms with Gasteiger partial charge in [0, 0.05) is 37.7 Å². The number of urea groups is 1. The third-order valence-electron chi connectivity index (χ3n) is 9.23. The van der Waals surface area contributed by atoms with Gasteiger partial charge in [0.1, 0.15) is 28.3 Å². The number of hydrogen-bond acceptors (Lipinski definition) is 15. The molecule has 0 radical (unpaired) electrons. The highest BCUT2D eigenvalue weighted by Gasteiger charge is 2.48. The number of carbonyl (C=O) groups excluding carboxylic acids is 5. The van der Waals surface area contributed by atoms with Crippen molar-refractivity contribution < 1.29 is 79.2 Å². The second kappa shape index (κ2) is 23.0. The number of aliphatic imine (C=N–C) groups is 1. The number of halogens is 6. The van der Waals surface area contributed by atoms with Gasteiger partial charge < -0.3 is 55.4 Å². The number of amides is 5. The number of alkyl halides is 6. The molecule has 0 unspecified atom stereocenters. The number of guanidine groups is 1. The van der Waals surface area contributed by atoms with Crippen molar-refractivity contribution in [2.45, 2.75) is 123 Å². The Bertz CT molecular complexity index is 2430. The number of alkyl carbamates (subject to hydrolysis) is 2. The fourth-order valence-corrected chi connectivity index (χ4v) is 6.28. The van der Waals surface area contributed by atoms with E-state index in [9.17, 15) is 60.7 Å². The molecule has 1 aliphatic heterocycles. The summed E-state index contributed by atoms with van der Waals surface area (Å²) < 4.78 is 112. The Hall–Kier alpha value is -7.06. The summed E-state index contributed by atoms with van der Waals surface area (Å²) in [6.45, 7) is 14.4. The van der Waals surface area contributed by atoms with E-state index in [1.807, 2.05) is 0 Å². The Kier molecular flexibility index (Phi) is 18.4. The van der Waals surface area contributed by atoms with Crippen LogP contribution < -0.4 is 46.6 Å². The lowest BCUT2D eigenvalue weighted by Crippen LogP contribution is -2.50. The van der Waals surface area contributed by atoms with Gasteiger partial charge in [-0.1, -0.05) is 0 Å². The fourth-order valence-electron chi connectivity index (χ4n) is 6.28. The third kappa shape index (κ3) is 18.6. The number of anilines is 4. The van der Waals surface area contributed by atoms with Gasteiger partial charge in [-0.15, -0.1) is 0 Å². The van der Waals surface area contributed by atoms with Crippen LogP contribution in [-0.2, 0) is 36.2 Å². The topological polar surface area (TPSA) is 263 Å². The van der Waals surface area contributed by atoms with Gasteiger partial charge >= 0.3 is 36.5 Å². The van der Waals surface area contributed by atoms with Crippen LogP contribution in [0, 0.1) is 5.21 Å². The van der Waals surface area contributed by atoms with Crippen molar-refractivity contribution in [3.8, 4) is 17.2 Å². The van der Waals surface area contributed by atoms with Crippen LogP contribution in [0.5, 0.6) is 17.2 Å². The van der Waals surface area contributed by atoms with Gasteiger partial charge in [0.05, 0.1) is 28.2 Å². The first-order valence-corrected chi connectivity index (χ1v) is 22.1. The molecule has 3 aromatic carbocycles. The zero-order chi connectivity index (χ0) is 54.0. The first kappa shape index (κ1) is 57.5. The number of carbonyl (C=O) groups is 5. The average Bonchev–Trinajstić information content (AvgIpc) is 3.69. The van der Waals surface area contributed by atoms with Crippen molar-refractivity contribution in [3.05, 3.63) is 70.9 Å². The number of esters is 1. The minimum absolute atomic E-state index is 0.0171. The van der Waals surface area contributed by atoms with Crippen LogP contribution in [0.1, 0.15) is 99.1 Å². The van der Waals surface area contributed by atoms with E-state index >= 15 is 0 Å². The molecule has 1 fully saturated rings. The fraction of sp³-hybridized carbons (Fsp3) is 0.478. The predicted octanol–water partition coefficient (Wildman–Crippen LogP) is 9.82. The zero-order valence-corrected chi connectivity index (χ0v) is 40.7. The van der Waals surface area contributed by atoms with E-state index in [1.165, 1.54) is 24.3 Å². The molecule has 72 heavy (non-hydrogen) atoms. The molecule has 7 N–H and O–H groups in total. The lowest BCUT2D eigenvalue weighted by molar-refractivity contribution is -0.172. The highest BCUT2D eigenvalue weighted by molar-refractivity contribution is 6.03. The minimum Gasteiger partial charge on any atom is -0.733 e. The first-order valence-electron chi connectivity index (χ1n) is 22.1. The molecule has 1 atom stereocenters. The molecule has 1 aliphatic rings. The van der Waals surface area contributed by atoms with Crippen LogP contribution in [0.2, 0.25) is 0 Å². The van der Waals surface area contributed by atoms with E-state index in [0.717, 1.165) is 6.07 Å². The summed E-state index contributed by atoms with van der Waals surface area (Å²) in [7, 11) is 0. The van der Waals surface area contributed by atoms with Crippen LogP contribution in [0.15, 0.2) is 59.6 Å². The molecule has 1 heterocycles. The van der Waals surface area contributed by atoms with Crippen molar-refractivity contribution in [1.29, 1.82) is 0 Å². The Morgan fingerprint density at radius 3 is 1.76 bits per heavy atom. The quantitative estimate of drug-likeness (QED) is 0.0151. The van der Waals surface area contributed by atoms with Crippen molar-refractivity contribution in [1.82, 2.24) is 16.0 Å². The van der Waals surface area contributed by atoms with Gasteiger partial charge in [0.2, 0.25) is 17.5 Å².